The Hall–Kier alpha value is -1.45. The molecular weight excluding hydrogens is 130 g/mol. The van der Waals surface area contributed by atoms with Crippen molar-refractivity contribution in [1.82, 2.24) is 0 Å². The number of azo groups is 1. The molecule has 10 heavy (non-hydrogen) atoms. The highest BCUT2D eigenvalue weighted by Crippen LogP contribution is 2.20. The average molecular weight is 135 g/mol. The molecule has 2 rings (SSSR count). The molecule has 0 spiro atoms. The van der Waals surface area contributed by atoms with Gasteiger partial charge in [0.15, 0.2) is 5.76 Å². The van der Waals surface area contributed by atoms with Gasteiger partial charge in [0.05, 0.1) is 12.4 Å². The standard InChI is InChI=1S/C6H5N3O/c1-2-10-6-4-8-9-5(6)3-7-1/h1,3-4H,2H2. The Bertz CT molecular complexity index is 262. The van der Waals surface area contributed by atoms with E-state index in [4.69, 9.17) is 4.74 Å². The smallest absolute Gasteiger partial charge is 0.169 e. The fourth-order valence-corrected chi connectivity index (χ4v) is 0.753. The zero-order valence-corrected chi connectivity index (χ0v) is 5.19. The van der Waals surface area contributed by atoms with Crippen LogP contribution < -0.4 is 0 Å². The van der Waals surface area contributed by atoms with Crippen LogP contribution in [0.5, 0.6) is 0 Å². The van der Waals surface area contributed by atoms with E-state index in [1.807, 2.05) is 0 Å². The molecule has 0 atom stereocenters. The molecule has 0 saturated heterocycles. The molecule has 0 unspecified atom stereocenters. The lowest BCUT2D eigenvalue weighted by molar-refractivity contribution is 0.273. The highest BCUT2D eigenvalue weighted by Gasteiger charge is 2.11. The summed E-state index contributed by atoms with van der Waals surface area (Å²) in [5, 5.41) is 7.44. The quantitative estimate of drug-likeness (QED) is 0.492. The largest absolute Gasteiger partial charge is 0.484 e. The Morgan fingerprint density at radius 2 is 2.40 bits per heavy atom. The van der Waals surface area contributed by atoms with Crippen molar-refractivity contribution in [2.24, 2.45) is 15.2 Å². The number of hydrogen-bond donors (Lipinski definition) is 0. The number of nitrogens with zero attached hydrogens (tertiary/aromatic N) is 3. The van der Waals surface area contributed by atoms with Gasteiger partial charge in [-0.25, -0.2) is 0 Å². The fourth-order valence-electron chi connectivity index (χ4n) is 0.753. The van der Waals surface area contributed by atoms with Crippen LogP contribution in [0.25, 0.3) is 0 Å². The topological polar surface area (TPSA) is 46.3 Å². The summed E-state index contributed by atoms with van der Waals surface area (Å²) in [5.41, 5.74) is 0.703. The molecular formula is C6H5N3O. The average Bonchev–Trinajstić information content (AvgIpc) is 2.28. The van der Waals surface area contributed by atoms with Gasteiger partial charge >= 0.3 is 0 Å². The van der Waals surface area contributed by atoms with E-state index < -0.39 is 0 Å². The van der Waals surface area contributed by atoms with Crippen molar-refractivity contribution in [1.29, 1.82) is 0 Å². The molecule has 4 nitrogen and oxygen atoms in total. The van der Waals surface area contributed by atoms with Crippen LogP contribution in [0, 0.1) is 0 Å². The number of aliphatic imine (C=N–C) groups is 1. The minimum atomic E-state index is 0.497. The summed E-state index contributed by atoms with van der Waals surface area (Å²) in [5.74, 6) is 0.706. The van der Waals surface area contributed by atoms with Crippen molar-refractivity contribution in [3.05, 3.63) is 23.9 Å². The summed E-state index contributed by atoms with van der Waals surface area (Å²) >= 11 is 0. The van der Waals surface area contributed by atoms with Crippen molar-refractivity contribution in [3.8, 4) is 0 Å². The lowest BCUT2D eigenvalue weighted by atomic mass is 10.4. The lowest BCUT2D eigenvalue weighted by Gasteiger charge is -1.98. The van der Waals surface area contributed by atoms with Gasteiger partial charge in [-0.3, -0.25) is 4.99 Å². The first kappa shape index (κ1) is 5.34. The minimum Gasteiger partial charge on any atom is -0.484 e. The second kappa shape index (κ2) is 2.06. The maximum Gasteiger partial charge on any atom is 0.169 e. The number of fused-ring (bicyclic) bond motifs is 1. The summed E-state index contributed by atoms with van der Waals surface area (Å²) in [6, 6.07) is 0. The zero-order chi connectivity index (χ0) is 6.81. The van der Waals surface area contributed by atoms with E-state index in [9.17, 15) is 0 Å². The molecule has 4 heteroatoms. The molecule has 2 aliphatic rings. The summed E-state index contributed by atoms with van der Waals surface area (Å²) in [6.07, 6.45) is 4.90. The summed E-state index contributed by atoms with van der Waals surface area (Å²) < 4.78 is 5.18. The van der Waals surface area contributed by atoms with Gasteiger partial charge in [0.25, 0.3) is 0 Å². The maximum absolute atomic E-state index is 5.18. The third-order valence-electron chi connectivity index (χ3n) is 1.21. The number of hydrogen-bond acceptors (Lipinski definition) is 4. The third-order valence-corrected chi connectivity index (χ3v) is 1.21. The summed E-state index contributed by atoms with van der Waals surface area (Å²) in [4.78, 5) is 3.91. The molecule has 0 aliphatic carbocycles. The van der Waals surface area contributed by atoms with Crippen LogP contribution in [-0.4, -0.2) is 12.8 Å². The molecule has 0 bridgehead atoms. The minimum absolute atomic E-state index is 0.497. The van der Waals surface area contributed by atoms with E-state index in [-0.39, 0.29) is 0 Å². The van der Waals surface area contributed by atoms with E-state index in [2.05, 4.69) is 15.2 Å². The lowest BCUT2D eigenvalue weighted by Crippen LogP contribution is -1.92. The van der Waals surface area contributed by atoms with E-state index in [1.54, 1.807) is 18.6 Å². The SMILES string of the molecule is C1=NC=C2N=NC=C2OC1. The van der Waals surface area contributed by atoms with Crippen molar-refractivity contribution in [3.63, 3.8) is 0 Å². The highest BCUT2D eigenvalue weighted by molar-refractivity contribution is 5.61. The van der Waals surface area contributed by atoms with Crippen molar-refractivity contribution < 1.29 is 4.74 Å². The van der Waals surface area contributed by atoms with Gasteiger partial charge in [-0.05, 0) is 0 Å². The Kier molecular flexibility index (Phi) is 1.10. The maximum atomic E-state index is 5.18. The van der Waals surface area contributed by atoms with Crippen molar-refractivity contribution >= 4 is 6.21 Å². The predicted molar refractivity (Wildman–Crippen MR) is 35.5 cm³/mol. The normalized spacial score (nSPS) is 20.8. The molecule has 0 radical (unpaired) electrons. The summed E-state index contributed by atoms with van der Waals surface area (Å²) in [6.45, 7) is 0.497. The Balaban J connectivity index is 2.36. The van der Waals surface area contributed by atoms with Crippen LogP contribution in [0.3, 0.4) is 0 Å². The second-order valence-electron chi connectivity index (χ2n) is 1.87. The highest BCUT2D eigenvalue weighted by atomic mass is 16.5. The van der Waals surface area contributed by atoms with Crippen LogP contribution in [0.15, 0.2) is 39.1 Å². The first-order chi connectivity index (χ1) is 4.97. The molecule has 0 saturated carbocycles. The first-order valence-electron chi connectivity index (χ1n) is 2.93. The molecule has 0 fully saturated rings. The second-order valence-corrected chi connectivity index (χ2v) is 1.87. The molecule has 0 amide bonds. The van der Waals surface area contributed by atoms with E-state index in [0.717, 1.165) is 0 Å². The van der Waals surface area contributed by atoms with Crippen LogP contribution in [-0.2, 0) is 4.74 Å². The van der Waals surface area contributed by atoms with Gasteiger partial charge in [0, 0.05) is 6.21 Å². The predicted octanol–water partition coefficient (Wildman–Crippen LogP) is 1.24. The molecule has 0 N–H and O–H groups in total. The third kappa shape index (κ3) is 0.737. The zero-order valence-electron chi connectivity index (χ0n) is 5.19. The Labute approximate surface area is 57.6 Å². The monoisotopic (exact) mass is 135 g/mol. The van der Waals surface area contributed by atoms with E-state index in [0.29, 0.717) is 18.1 Å². The number of ether oxygens (including phenoxy) is 1. The molecule has 2 heterocycles. The van der Waals surface area contributed by atoms with Crippen LogP contribution in [0.2, 0.25) is 0 Å². The van der Waals surface area contributed by atoms with E-state index >= 15 is 0 Å². The van der Waals surface area contributed by atoms with Crippen LogP contribution in [0.1, 0.15) is 0 Å². The first-order valence-corrected chi connectivity index (χ1v) is 2.93. The van der Waals surface area contributed by atoms with Gasteiger partial charge in [0.1, 0.15) is 12.3 Å². The fraction of sp³-hybridized carbons (Fsp3) is 0.167. The molecule has 0 aromatic heterocycles. The molecule has 50 valence electrons. The molecule has 2 aliphatic heterocycles. The van der Waals surface area contributed by atoms with Gasteiger partial charge in [-0.2, -0.15) is 5.11 Å². The van der Waals surface area contributed by atoms with Crippen molar-refractivity contribution in [2.75, 3.05) is 6.61 Å². The van der Waals surface area contributed by atoms with Crippen LogP contribution in [0.4, 0.5) is 0 Å². The van der Waals surface area contributed by atoms with Gasteiger partial charge < -0.3 is 4.74 Å². The van der Waals surface area contributed by atoms with Crippen LogP contribution >= 0.6 is 0 Å². The van der Waals surface area contributed by atoms with Crippen molar-refractivity contribution in [2.45, 2.75) is 0 Å². The van der Waals surface area contributed by atoms with Gasteiger partial charge in [-0.1, -0.05) is 0 Å². The van der Waals surface area contributed by atoms with Gasteiger partial charge in [0.2, 0.25) is 0 Å². The van der Waals surface area contributed by atoms with E-state index in [1.165, 1.54) is 0 Å². The summed E-state index contributed by atoms with van der Waals surface area (Å²) in [7, 11) is 0. The molecule has 0 aromatic carbocycles. The Morgan fingerprint density at radius 1 is 1.40 bits per heavy atom. The molecule has 0 aromatic rings. The number of rotatable bonds is 0. The Morgan fingerprint density at radius 3 is 3.40 bits per heavy atom. The van der Waals surface area contributed by atoms with Gasteiger partial charge in [-0.15, -0.1) is 5.11 Å².